The van der Waals surface area contributed by atoms with Crippen LogP contribution in [0, 0.1) is 28.5 Å². The highest BCUT2D eigenvalue weighted by molar-refractivity contribution is 5.65. The van der Waals surface area contributed by atoms with Gasteiger partial charge in [-0.05, 0) is 42.0 Å². The second-order valence-corrected chi connectivity index (χ2v) is 4.18. The number of nitrogen functional groups attached to an aromatic ring is 1. The van der Waals surface area contributed by atoms with E-state index in [-0.39, 0.29) is 12.0 Å². The molecule has 98 valence electrons. The van der Waals surface area contributed by atoms with Gasteiger partial charge in [-0.15, -0.1) is 0 Å². The Kier molecular flexibility index (Phi) is 3.83. The van der Waals surface area contributed by atoms with Gasteiger partial charge < -0.3 is 11.1 Å². The molecule has 0 aliphatic carbocycles. The zero-order valence-corrected chi connectivity index (χ0v) is 10.5. The van der Waals surface area contributed by atoms with E-state index in [9.17, 15) is 4.39 Å². The van der Waals surface area contributed by atoms with Gasteiger partial charge in [-0.2, -0.15) is 10.5 Å². The van der Waals surface area contributed by atoms with Crippen LogP contribution >= 0.6 is 0 Å². The summed E-state index contributed by atoms with van der Waals surface area (Å²) in [6.07, 6.45) is 0.216. The molecule has 0 fully saturated rings. The van der Waals surface area contributed by atoms with Crippen LogP contribution in [0.15, 0.2) is 36.4 Å². The number of nitriles is 2. The van der Waals surface area contributed by atoms with Crippen molar-refractivity contribution in [1.82, 2.24) is 0 Å². The van der Waals surface area contributed by atoms with Crippen LogP contribution in [0.2, 0.25) is 0 Å². The molecular formula is C15H11FN4. The molecule has 0 aromatic heterocycles. The second-order valence-electron chi connectivity index (χ2n) is 4.18. The summed E-state index contributed by atoms with van der Waals surface area (Å²) in [6, 6.07) is 13.2. The van der Waals surface area contributed by atoms with E-state index in [1.54, 1.807) is 24.3 Å². The van der Waals surface area contributed by atoms with E-state index < -0.39 is 5.82 Å². The average molecular weight is 266 g/mol. The summed E-state index contributed by atoms with van der Waals surface area (Å²) in [5.74, 6) is -0.555. The zero-order chi connectivity index (χ0) is 14.5. The lowest BCUT2D eigenvalue weighted by molar-refractivity contribution is 0.624. The summed E-state index contributed by atoms with van der Waals surface area (Å²) in [7, 11) is 0. The zero-order valence-electron chi connectivity index (χ0n) is 10.5. The van der Waals surface area contributed by atoms with Crippen LogP contribution in [0.25, 0.3) is 0 Å². The number of hydrogen-bond donors (Lipinski definition) is 2. The topological polar surface area (TPSA) is 85.6 Å². The fraction of sp³-hybridized carbons (Fsp3) is 0.0667. The van der Waals surface area contributed by atoms with Crippen molar-refractivity contribution in [2.45, 2.75) is 6.42 Å². The number of halogens is 1. The first-order valence-corrected chi connectivity index (χ1v) is 5.86. The van der Waals surface area contributed by atoms with Gasteiger partial charge in [0.05, 0.1) is 18.1 Å². The highest BCUT2D eigenvalue weighted by Crippen LogP contribution is 2.23. The molecule has 0 saturated heterocycles. The lowest BCUT2D eigenvalue weighted by Gasteiger charge is -2.09. The first kappa shape index (κ1) is 13.4. The van der Waals surface area contributed by atoms with E-state index in [2.05, 4.69) is 5.32 Å². The highest BCUT2D eigenvalue weighted by Gasteiger charge is 2.05. The van der Waals surface area contributed by atoms with Gasteiger partial charge in [0.25, 0.3) is 0 Å². The Hall–Kier alpha value is -3.05. The summed E-state index contributed by atoms with van der Waals surface area (Å²) < 4.78 is 13.2. The van der Waals surface area contributed by atoms with Crippen molar-refractivity contribution in [2.24, 2.45) is 0 Å². The van der Waals surface area contributed by atoms with Crippen molar-refractivity contribution < 1.29 is 4.39 Å². The quantitative estimate of drug-likeness (QED) is 0.836. The third-order valence-electron chi connectivity index (χ3n) is 2.79. The summed E-state index contributed by atoms with van der Waals surface area (Å²) in [6.45, 7) is 0. The molecule has 0 saturated carbocycles. The van der Waals surface area contributed by atoms with Gasteiger partial charge in [0, 0.05) is 17.1 Å². The van der Waals surface area contributed by atoms with E-state index in [0.29, 0.717) is 11.4 Å². The Bertz CT molecular complexity index is 726. The second kappa shape index (κ2) is 5.73. The van der Waals surface area contributed by atoms with E-state index in [0.717, 1.165) is 11.3 Å². The van der Waals surface area contributed by atoms with E-state index in [4.69, 9.17) is 16.3 Å². The van der Waals surface area contributed by atoms with Crippen molar-refractivity contribution in [3.63, 3.8) is 0 Å². The lowest BCUT2D eigenvalue weighted by atomic mass is 10.1. The predicted octanol–water partition coefficient (Wildman–Crippen LogP) is 3.09. The van der Waals surface area contributed by atoms with Crippen molar-refractivity contribution in [2.75, 3.05) is 11.1 Å². The standard InChI is InChI=1S/C15H11FN4/c16-14-3-1-12(8-11(14)9-18)20-13-2-4-15(19)10(7-13)5-6-17/h1-4,7-8,20H,5,19H2. The smallest absolute Gasteiger partial charge is 0.141 e. The number of nitrogens with two attached hydrogens (primary N) is 1. The number of hydrogen-bond acceptors (Lipinski definition) is 4. The summed E-state index contributed by atoms with van der Waals surface area (Å²) in [5, 5.41) is 20.6. The molecule has 0 heterocycles. The van der Waals surface area contributed by atoms with Crippen molar-refractivity contribution in [3.05, 3.63) is 53.3 Å². The molecule has 0 aliphatic rings. The fourth-order valence-electron chi connectivity index (χ4n) is 1.78. The highest BCUT2D eigenvalue weighted by atomic mass is 19.1. The number of rotatable bonds is 3. The van der Waals surface area contributed by atoms with E-state index >= 15 is 0 Å². The van der Waals surface area contributed by atoms with Crippen LogP contribution in [-0.2, 0) is 6.42 Å². The summed E-state index contributed by atoms with van der Waals surface area (Å²) in [5.41, 5.74) is 8.33. The molecule has 0 spiro atoms. The Labute approximate surface area is 115 Å². The molecule has 0 radical (unpaired) electrons. The predicted molar refractivity (Wildman–Crippen MR) is 74.6 cm³/mol. The van der Waals surface area contributed by atoms with Gasteiger partial charge in [0.1, 0.15) is 11.9 Å². The number of benzene rings is 2. The van der Waals surface area contributed by atoms with Crippen LogP contribution in [0.3, 0.4) is 0 Å². The van der Waals surface area contributed by atoms with Crippen molar-refractivity contribution in [1.29, 1.82) is 10.5 Å². The lowest BCUT2D eigenvalue weighted by Crippen LogP contribution is -1.97. The number of nitrogens with one attached hydrogen (secondary N) is 1. The van der Waals surface area contributed by atoms with Gasteiger partial charge in [-0.3, -0.25) is 0 Å². The molecule has 0 bridgehead atoms. The van der Waals surface area contributed by atoms with Gasteiger partial charge in [-0.1, -0.05) is 0 Å². The number of nitrogens with zero attached hydrogens (tertiary/aromatic N) is 2. The SMILES string of the molecule is N#CCc1cc(Nc2ccc(F)c(C#N)c2)ccc1N. The minimum atomic E-state index is -0.555. The van der Waals surface area contributed by atoms with Crippen molar-refractivity contribution >= 4 is 17.1 Å². The molecule has 2 aromatic carbocycles. The monoisotopic (exact) mass is 266 g/mol. The number of anilines is 3. The molecule has 2 rings (SSSR count). The fourth-order valence-corrected chi connectivity index (χ4v) is 1.78. The minimum Gasteiger partial charge on any atom is -0.398 e. The molecule has 20 heavy (non-hydrogen) atoms. The molecule has 0 aliphatic heterocycles. The van der Waals surface area contributed by atoms with Gasteiger partial charge in [-0.25, -0.2) is 4.39 Å². The minimum absolute atomic E-state index is 0.0253. The first-order chi connectivity index (χ1) is 9.63. The summed E-state index contributed by atoms with van der Waals surface area (Å²) in [4.78, 5) is 0. The molecule has 0 atom stereocenters. The van der Waals surface area contributed by atoms with Gasteiger partial charge in [0.2, 0.25) is 0 Å². The van der Waals surface area contributed by atoms with Crippen LogP contribution < -0.4 is 11.1 Å². The molecule has 4 nitrogen and oxygen atoms in total. The van der Waals surface area contributed by atoms with Gasteiger partial charge >= 0.3 is 0 Å². The molecule has 2 aromatic rings. The third kappa shape index (κ3) is 2.85. The Morgan fingerprint density at radius 1 is 1.10 bits per heavy atom. The maximum Gasteiger partial charge on any atom is 0.141 e. The average Bonchev–Trinajstić information content (AvgIpc) is 2.45. The van der Waals surface area contributed by atoms with E-state index in [1.807, 2.05) is 6.07 Å². The molecule has 0 amide bonds. The first-order valence-electron chi connectivity index (χ1n) is 5.86. The van der Waals surface area contributed by atoms with Crippen LogP contribution in [0.1, 0.15) is 11.1 Å². The molecule has 5 heteroatoms. The van der Waals surface area contributed by atoms with Crippen molar-refractivity contribution in [3.8, 4) is 12.1 Å². The third-order valence-corrected chi connectivity index (χ3v) is 2.79. The van der Waals surface area contributed by atoms with Gasteiger partial charge in [0.15, 0.2) is 0 Å². The molecule has 3 N–H and O–H groups in total. The maximum absolute atomic E-state index is 13.2. The normalized spacial score (nSPS) is 9.55. The maximum atomic E-state index is 13.2. The Morgan fingerprint density at radius 2 is 1.80 bits per heavy atom. The van der Waals surface area contributed by atoms with E-state index in [1.165, 1.54) is 18.2 Å². The molecule has 0 unspecified atom stereocenters. The van der Waals surface area contributed by atoms with Crippen LogP contribution in [0.5, 0.6) is 0 Å². The molecular weight excluding hydrogens is 255 g/mol. The van der Waals surface area contributed by atoms with Crippen LogP contribution in [0.4, 0.5) is 21.5 Å². The van der Waals surface area contributed by atoms with Crippen LogP contribution in [-0.4, -0.2) is 0 Å². The largest absolute Gasteiger partial charge is 0.398 e. The summed E-state index contributed by atoms with van der Waals surface area (Å²) >= 11 is 0. The Morgan fingerprint density at radius 3 is 2.50 bits per heavy atom. The Balaban J connectivity index is 2.29.